The zero-order valence-electron chi connectivity index (χ0n) is 7.31. The van der Waals surface area contributed by atoms with Crippen molar-refractivity contribution in [3.05, 3.63) is 0 Å². The molecule has 1 saturated heterocycles. The van der Waals surface area contributed by atoms with Crippen LogP contribution < -0.4 is 5.32 Å². The Kier molecular flexibility index (Phi) is 3.27. The average Bonchev–Trinajstić information content (AvgIpc) is 1.95. The molecule has 0 amide bonds. The molecular formula is C8H17FN2. The minimum atomic E-state index is -0.686. The van der Waals surface area contributed by atoms with Crippen molar-refractivity contribution in [1.82, 2.24) is 10.2 Å². The van der Waals surface area contributed by atoms with Crippen molar-refractivity contribution < 1.29 is 4.39 Å². The van der Waals surface area contributed by atoms with Gasteiger partial charge in [0.25, 0.3) is 0 Å². The van der Waals surface area contributed by atoms with E-state index >= 15 is 0 Å². The summed E-state index contributed by atoms with van der Waals surface area (Å²) in [6.45, 7) is 4.48. The Hall–Kier alpha value is -0.150. The first-order valence-corrected chi connectivity index (χ1v) is 4.30. The van der Waals surface area contributed by atoms with Crippen LogP contribution in [-0.4, -0.2) is 43.8 Å². The molecule has 0 aromatic rings. The van der Waals surface area contributed by atoms with Crippen LogP contribution in [0.25, 0.3) is 0 Å². The van der Waals surface area contributed by atoms with Crippen LogP contribution >= 0.6 is 0 Å². The summed E-state index contributed by atoms with van der Waals surface area (Å²) in [4.78, 5) is 2.04. The van der Waals surface area contributed by atoms with E-state index < -0.39 is 6.17 Å². The fourth-order valence-electron chi connectivity index (χ4n) is 1.55. The number of hydrogen-bond donors (Lipinski definition) is 1. The summed E-state index contributed by atoms with van der Waals surface area (Å²) in [6, 6.07) is 0.0937. The molecule has 1 N–H and O–H groups in total. The molecule has 2 nitrogen and oxygen atoms in total. The molecule has 0 aromatic heterocycles. The molecule has 0 aromatic carbocycles. The Bertz CT molecular complexity index is 119. The minimum Gasteiger partial charge on any atom is -0.311 e. The number of rotatable bonds is 2. The highest BCUT2D eigenvalue weighted by Gasteiger charge is 2.26. The quantitative estimate of drug-likeness (QED) is 0.637. The Balaban J connectivity index is 2.31. The summed E-state index contributed by atoms with van der Waals surface area (Å²) in [5, 5.41) is 3.15. The van der Waals surface area contributed by atoms with Crippen LogP contribution in [0.5, 0.6) is 0 Å². The lowest BCUT2D eigenvalue weighted by molar-refractivity contribution is 0.124. The van der Waals surface area contributed by atoms with E-state index in [1.54, 1.807) is 0 Å². The molecule has 1 fully saturated rings. The summed E-state index contributed by atoms with van der Waals surface area (Å²) in [6.07, 6.45) is 0.250. The molecule has 3 heteroatoms. The SMILES string of the molecule is CCNC1CCN(C)C[C@H]1F. The normalized spacial score (nSPS) is 34.1. The van der Waals surface area contributed by atoms with Crippen molar-refractivity contribution in [2.75, 3.05) is 26.7 Å². The summed E-state index contributed by atoms with van der Waals surface area (Å²) in [7, 11) is 1.97. The van der Waals surface area contributed by atoms with Crippen molar-refractivity contribution >= 4 is 0 Å². The Labute approximate surface area is 67.8 Å². The van der Waals surface area contributed by atoms with Gasteiger partial charge in [-0.1, -0.05) is 6.92 Å². The highest BCUT2D eigenvalue weighted by molar-refractivity contribution is 4.83. The third-order valence-corrected chi connectivity index (χ3v) is 2.21. The van der Waals surface area contributed by atoms with Crippen LogP contribution in [-0.2, 0) is 0 Å². The van der Waals surface area contributed by atoms with Crippen LogP contribution in [0.15, 0.2) is 0 Å². The minimum absolute atomic E-state index is 0.0937. The van der Waals surface area contributed by atoms with Gasteiger partial charge in [-0.25, -0.2) is 4.39 Å². The van der Waals surface area contributed by atoms with Crippen LogP contribution in [0.3, 0.4) is 0 Å². The Morgan fingerprint density at radius 1 is 1.64 bits per heavy atom. The van der Waals surface area contributed by atoms with Crippen molar-refractivity contribution in [1.29, 1.82) is 0 Å². The molecule has 0 bridgehead atoms. The van der Waals surface area contributed by atoms with Gasteiger partial charge in [-0.15, -0.1) is 0 Å². The number of nitrogens with one attached hydrogen (secondary N) is 1. The molecule has 1 aliphatic rings. The number of alkyl halides is 1. The van der Waals surface area contributed by atoms with Gasteiger partial charge in [0.05, 0.1) is 0 Å². The largest absolute Gasteiger partial charge is 0.311 e. The number of hydrogen-bond acceptors (Lipinski definition) is 2. The number of nitrogens with zero attached hydrogens (tertiary/aromatic N) is 1. The molecule has 1 aliphatic heterocycles. The third-order valence-electron chi connectivity index (χ3n) is 2.21. The Morgan fingerprint density at radius 3 is 2.91 bits per heavy atom. The molecule has 66 valence electrons. The van der Waals surface area contributed by atoms with Gasteiger partial charge >= 0.3 is 0 Å². The van der Waals surface area contributed by atoms with Crippen LogP contribution in [0.4, 0.5) is 4.39 Å². The van der Waals surface area contributed by atoms with Gasteiger partial charge in [-0.2, -0.15) is 0 Å². The molecule has 0 aliphatic carbocycles. The maximum Gasteiger partial charge on any atom is 0.128 e. The van der Waals surface area contributed by atoms with Gasteiger partial charge in [-0.3, -0.25) is 0 Å². The van der Waals surface area contributed by atoms with E-state index in [1.165, 1.54) is 0 Å². The second kappa shape index (κ2) is 4.02. The van der Waals surface area contributed by atoms with Crippen molar-refractivity contribution in [3.63, 3.8) is 0 Å². The van der Waals surface area contributed by atoms with Gasteiger partial charge in [0, 0.05) is 12.6 Å². The molecule has 1 rings (SSSR count). The summed E-state index contributed by atoms with van der Waals surface area (Å²) < 4.78 is 13.2. The standard InChI is InChI=1S/C8H17FN2/c1-3-10-8-4-5-11(2)6-7(8)9/h7-8,10H,3-6H2,1-2H3/t7-,8?/m1/s1. The van der Waals surface area contributed by atoms with Crippen LogP contribution in [0.2, 0.25) is 0 Å². The van der Waals surface area contributed by atoms with Gasteiger partial charge in [-0.05, 0) is 26.6 Å². The van der Waals surface area contributed by atoms with Crippen molar-refractivity contribution in [2.24, 2.45) is 0 Å². The summed E-state index contributed by atoms with van der Waals surface area (Å²) in [5.41, 5.74) is 0. The highest BCUT2D eigenvalue weighted by atomic mass is 19.1. The summed E-state index contributed by atoms with van der Waals surface area (Å²) >= 11 is 0. The maximum absolute atomic E-state index is 13.2. The molecule has 0 radical (unpaired) electrons. The number of halogens is 1. The van der Waals surface area contributed by atoms with E-state index in [4.69, 9.17) is 0 Å². The number of piperidine rings is 1. The zero-order valence-corrected chi connectivity index (χ0v) is 7.31. The monoisotopic (exact) mass is 160 g/mol. The third kappa shape index (κ3) is 2.42. The topological polar surface area (TPSA) is 15.3 Å². The lowest BCUT2D eigenvalue weighted by Gasteiger charge is -2.32. The van der Waals surface area contributed by atoms with Crippen LogP contribution in [0.1, 0.15) is 13.3 Å². The molecule has 1 unspecified atom stereocenters. The van der Waals surface area contributed by atoms with Crippen molar-refractivity contribution in [3.8, 4) is 0 Å². The molecule has 0 spiro atoms. The smallest absolute Gasteiger partial charge is 0.128 e. The fourth-order valence-corrected chi connectivity index (χ4v) is 1.55. The molecular weight excluding hydrogens is 143 g/mol. The lowest BCUT2D eigenvalue weighted by Crippen LogP contribution is -2.49. The highest BCUT2D eigenvalue weighted by Crippen LogP contribution is 2.11. The Morgan fingerprint density at radius 2 is 2.36 bits per heavy atom. The van der Waals surface area contributed by atoms with Gasteiger partial charge < -0.3 is 10.2 Å². The molecule has 11 heavy (non-hydrogen) atoms. The van der Waals surface area contributed by atoms with Gasteiger partial charge in [0.15, 0.2) is 0 Å². The first-order valence-electron chi connectivity index (χ1n) is 4.30. The predicted octanol–water partition coefficient (Wildman–Crippen LogP) is 0.638. The van der Waals surface area contributed by atoms with E-state index in [-0.39, 0.29) is 6.04 Å². The van der Waals surface area contributed by atoms with E-state index in [0.29, 0.717) is 6.54 Å². The van der Waals surface area contributed by atoms with E-state index in [1.807, 2.05) is 18.9 Å². The van der Waals surface area contributed by atoms with E-state index in [0.717, 1.165) is 19.5 Å². The second-order valence-corrected chi connectivity index (χ2v) is 3.23. The summed E-state index contributed by atoms with van der Waals surface area (Å²) in [5.74, 6) is 0. The lowest BCUT2D eigenvalue weighted by atomic mass is 10.0. The number of likely N-dealkylation sites (tertiary alicyclic amines) is 1. The first-order chi connectivity index (χ1) is 5.24. The molecule has 1 heterocycles. The van der Waals surface area contributed by atoms with Crippen LogP contribution in [0, 0.1) is 0 Å². The molecule has 2 atom stereocenters. The van der Waals surface area contributed by atoms with Gasteiger partial charge in [0.1, 0.15) is 6.17 Å². The zero-order chi connectivity index (χ0) is 8.27. The fraction of sp³-hybridized carbons (Fsp3) is 1.00. The molecule has 0 saturated carbocycles. The predicted molar refractivity (Wildman–Crippen MR) is 44.5 cm³/mol. The maximum atomic E-state index is 13.2. The second-order valence-electron chi connectivity index (χ2n) is 3.23. The first kappa shape index (κ1) is 8.94. The average molecular weight is 160 g/mol. The van der Waals surface area contributed by atoms with E-state index in [9.17, 15) is 4.39 Å². The van der Waals surface area contributed by atoms with E-state index in [2.05, 4.69) is 5.32 Å². The van der Waals surface area contributed by atoms with Crippen molar-refractivity contribution in [2.45, 2.75) is 25.6 Å². The van der Waals surface area contributed by atoms with Gasteiger partial charge in [0.2, 0.25) is 0 Å².